The maximum absolute atomic E-state index is 13.1. The summed E-state index contributed by atoms with van der Waals surface area (Å²) < 4.78 is 5.19. The zero-order valence-electron chi connectivity index (χ0n) is 17.6. The fraction of sp³-hybridized carbons (Fsp3) is 0.154. The number of hydrogen-bond acceptors (Lipinski definition) is 5. The molecular formula is C26H20ClNO5. The van der Waals surface area contributed by atoms with Crippen molar-refractivity contribution in [2.45, 2.75) is 6.42 Å². The highest BCUT2D eigenvalue weighted by Crippen LogP contribution is 2.32. The average Bonchev–Trinajstić information content (AvgIpc) is 3.24. The number of rotatable bonds is 7. The van der Waals surface area contributed by atoms with Crippen LogP contribution >= 0.6 is 11.6 Å². The van der Waals surface area contributed by atoms with Gasteiger partial charge >= 0.3 is 5.97 Å². The third-order valence-electron chi connectivity index (χ3n) is 5.43. The third-order valence-corrected chi connectivity index (χ3v) is 5.66. The van der Waals surface area contributed by atoms with E-state index in [2.05, 4.69) is 0 Å². The van der Waals surface area contributed by atoms with Crippen LogP contribution in [0.15, 0.2) is 78.9 Å². The molecule has 166 valence electrons. The van der Waals surface area contributed by atoms with Crippen LogP contribution in [-0.4, -0.2) is 36.6 Å². The number of amides is 1. The van der Waals surface area contributed by atoms with Crippen molar-refractivity contribution in [1.29, 1.82) is 0 Å². The van der Waals surface area contributed by atoms with Crippen LogP contribution in [0.2, 0.25) is 5.02 Å². The highest BCUT2D eigenvalue weighted by atomic mass is 35.5. The molecule has 0 saturated carbocycles. The average molecular weight is 462 g/mol. The highest BCUT2D eigenvalue weighted by Gasteiger charge is 2.38. The minimum absolute atomic E-state index is 0.0495. The first-order chi connectivity index (χ1) is 15.9. The summed E-state index contributed by atoms with van der Waals surface area (Å²) in [6, 6.07) is 21.9. The molecule has 33 heavy (non-hydrogen) atoms. The van der Waals surface area contributed by atoms with Crippen LogP contribution in [0, 0.1) is 5.92 Å². The summed E-state index contributed by atoms with van der Waals surface area (Å²) in [5.74, 6) is -2.27. The number of anilines is 1. The largest absolute Gasteiger partial charge is 0.457 e. The smallest absolute Gasteiger partial charge is 0.311 e. The standard InChI is InChI=1S/C26H20ClNO5/c27-20-11-12-22(21(14-20)25(31)18-9-5-2-6-10-18)28-15-19(13-24(28)30)26(32)33-16-23(29)17-7-3-1-4-8-17/h1-12,14,19H,13,15-16H2/t19-/m0/s1. The number of halogens is 1. The zero-order chi connectivity index (χ0) is 23.4. The molecule has 6 nitrogen and oxygen atoms in total. The topological polar surface area (TPSA) is 80.8 Å². The van der Waals surface area contributed by atoms with Crippen LogP contribution in [0.5, 0.6) is 0 Å². The van der Waals surface area contributed by atoms with Gasteiger partial charge in [0, 0.05) is 34.7 Å². The maximum atomic E-state index is 13.1. The van der Waals surface area contributed by atoms with Gasteiger partial charge in [0.2, 0.25) is 5.91 Å². The van der Waals surface area contributed by atoms with E-state index in [1.165, 1.54) is 11.0 Å². The Balaban J connectivity index is 1.49. The van der Waals surface area contributed by atoms with Crippen molar-refractivity contribution in [3.63, 3.8) is 0 Å². The van der Waals surface area contributed by atoms with E-state index >= 15 is 0 Å². The van der Waals surface area contributed by atoms with Gasteiger partial charge in [-0.15, -0.1) is 0 Å². The van der Waals surface area contributed by atoms with Crippen LogP contribution in [0.1, 0.15) is 32.7 Å². The van der Waals surface area contributed by atoms with E-state index < -0.39 is 18.5 Å². The molecular weight excluding hydrogens is 442 g/mol. The number of nitrogens with zero attached hydrogens (tertiary/aromatic N) is 1. The molecule has 0 spiro atoms. The summed E-state index contributed by atoms with van der Waals surface area (Å²) in [5, 5.41) is 0.361. The number of carbonyl (C=O) groups excluding carboxylic acids is 4. The van der Waals surface area contributed by atoms with Crippen molar-refractivity contribution in [2.75, 3.05) is 18.1 Å². The number of ether oxygens (including phenoxy) is 1. The maximum Gasteiger partial charge on any atom is 0.311 e. The van der Waals surface area contributed by atoms with Gasteiger partial charge in [0.1, 0.15) is 0 Å². The van der Waals surface area contributed by atoms with Gasteiger partial charge in [-0.25, -0.2) is 0 Å². The van der Waals surface area contributed by atoms with Crippen molar-refractivity contribution in [1.82, 2.24) is 0 Å². The van der Waals surface area contributed by atoms with Crippen molar-refractivity contribution in [3.05, 3.63) is 101 Å². The molecule has 1 saturated heterocycles. The molecule has 3 aromatic carbocycles. The summed E-state index contributed by atoms with van der Waals surface area (Å²) in [6.45, 7) is -0.347. The molecule has 0 bridgehead atoms. The Labute approximate surface area is 195 Å². The lowest BCUT2D eigenvalue weighted by molar-refractivity contribution is -0.147. The Hall–Kier alpha value is -3.77. The van der Waals surface area contributed by atoms with Gasteiger partial charge in [0.25, 0.3) is 0 Å². The fourth-order valence-corrected chi connectivity index (χ4v) is 3.90. The van der Waals surface area contributed by atoms with Crippen LogP contribution in [0.25, 0.3) is 0 Å². The molecule has 1 aliphatic rings. The predicted molar refractivity (Wildman–Crippen MR) is 124 cm³/mol. The Morgan fingerprint density at radius 2 is 1.55 bits per heavy atom. The zero-order valence-corrected chi connectivity index (χ0v) is 18.3. The molecule has 0 aromatic heterocycles. The third kappa shape index (κ3) is 5.02. The molecule has 7 heteroatoms. The van der Waals surface area contributed by atoms with Gasteiger partial charge in [-0.05, 0) is 18.2 Å². The van der Waals surface area contributed by atoms with Crippen molar-refractivity contribution in [3.8, 4) is 0 Å². The van der Waals surface area contributed by atoms with Crippen LogP contribution < -0.4 is 4.90 Å². The quantitative estimate of drug-likeness (QED) is 0.386. The lowest BCUT2D eigenvalue weighted by atomic mass is 10.0. The molecule has 1 heterocycles. The monoisotopic (exact) mass is 461 g/mol. The molecule has 3 aromatic rings. The lowest BCUT2D eigenvalue weighted by Crippen LogP contribution is -2.28. The van der Waals surface area contributed by atoms with Gasteiger partial charge in [-0.2, -0.15) is 0 Å². The molecule has 0 radical (unpaired) electrons. The van der Waals surface area contributed by atoms with E-state index in [1.54, 1.807) is 72.8 Å². The lowest BCUT2D eigenvalue weighted by Gasteiger charge is -2.20. The van der Waals surface area contributed by atoms with Gasteiger partial charge in [0.05, 0.1) is 11.6 Å². The van der Waals surface area contributed by atoms with Crippen LogP contribution in [0.4, 0.5) is 5.69 Å². The van der Waals surface area contributed by atoms with E-state index in [4.69, 9.17) is 16.3 Å². The molecule has 1 amide bonds. The Kier molecular flexibility index (Phi) is 6.66. The predicted octanol–water partition coefficient (Wildman–Crippen LogP) is 4.35. The highest BCUT2D eigenvalue weighted by molar-refractivity contribution is 6.31. The van der Waals surface area contributed by atoms with E-state index in [9.17, 15) is 19.2 Å². The SMILES string of the molecule is O=C(COC(=O)[C@H]1CC(=O)N(c2ccc(Cl)cc2C(=O)c2ccccc2)C1)c1ccccc1. The summed E-state index contributed by atoms with van der Waals surface area (Å²) in [4.78, 5) is 52.0. The number of Topliss-reactive ketones (excluding diaryl/α,β-unsaturated/α-hetero) is 1. The number of hydrogen-bond donors (Lipinski definition) is 0. The van der Waals surface area contributed by atoms with Crippen molar-refractivity contribution < 1.29 is 23.9 Å². The first kappa shape index (κ1) is 22.4. The molecule has 1 atom stereocenters. The minimum Gasteiger partial charge on any atom is -0.457 e. The Morgan fingerprint density at radius 3 is 2.21 bits per heavy atom. The Bertz CT molecular complexity index is 1210. The first-order valence-corrected chi connectivity index (χ1v) is 10.8. The van der Waals surface area contributed by atoms with Crippen LogP contribution in [0.3, 0.4) is 0 Å². The van der Waals surface area contributed by atoms with Crippen molar-refractivity contribution >= 4 is 40.7 Å². The number of ketones is 2. The number of esters is 1. The second-order valence-corrected chi connectivity index (χ2v) is 8.10. The molecule has 0 unspecified atom stereocenters. The number of benzene rings is 3. The second-order valence-electron chi connectivity index (χ2n) is 7.66. The van der Waals surface area contributed by atoms with E-state index in [0.717, 1.165) is 0 Å². The normalized spacial score (nSPS) is 15.4. The summed E-state index contributed by atoms with van der Waals surface area (Å²) in [6.07, 6.45) is -0.0695. The molecule has 1 fully saturated rings. The Morgan fingerprint density at radius 1 is 0.909 bits per heavy atom. The van der Waals surface area contributed by atoms with Crippen LogP contribution in [-0.2, 0) is 14.3 Å². The molecule has 4 rings (SSSR count). The minimum atomic E-state index is -0.739. The molecule has 0 aliphatic carbocycles. The molecule has 0 N–H and O–H groups in total. The number of carbonyl (C=O) groups is 4. The molecule has 1 aliphatic heterocycles. The van der Waals surface area contributed by atoms with Gasteiger partial charge in [-0.1, -0.05) is 72.3 Å². The summed E-state index contributed by atoms with van der Waals surface area (Å²) in [5.41, 5.74) is 1.56. The van der Waals surface area contributed by atoms with Gasteiger partial charge in [-0.3, -0.25) is 19.2 Å². The summed E-state index contributed by atoms with van der Waals surface area (Å²) >= 11 is 6.13. The van der Waals surface area contributed by atoms with E-state index in [1.807, 2.05) is 0 Å². The van der Waals surface area contributed by atoms with Crippen molar-refractivity contribution in [2.24, 2.45) is 5.92 Å². The second kappa shape index (κ2) is 9.79. The van der Waals surface area contributed by atoms with E-state index in [0.29, 0.717) is 21.8 Å². The van der Waals surface area contributed by atoms with E-state index in [-0.39, 0.29) is 36.0 Å². The van der Waals surface area contributed by atoms with Gasteiger partial charge in [0.15, 0.2) is 18.2 Å². The summed E-state index contributed by atoms with van der Waals surface area (Å²) in [7, 11) is 0. The fourth-order valence-electron chi connectivity index (χ4n) is 3.73. The first-order valence-electron chi connectivity index (χ1n) is 10.4. The van der Waals surface area contributed by atoms with Gasteiger partial charge < -0.3 is 9.64 Å².